The largest absolute Gasteiger partial charge is 0.238 e. The maximum absolute atomic E-state index is 7.96. The summed E-state index contributed by atoms with van der Waals surface area (Å²) in [6, 6.07) is 66.6. The molecule has 3 nitrogen and oxygen atoms in total. The molecule has 9 aromatic rings. The van der Waals surface area contributed by atoms with Crippen LogP contribution in [0.2, 0.25) is 0 Å². The Hall–Kier alpha value is -7.41. The standard InChI is InChI=1S/C52H31N3/c1-53-37-29-30-43-47(31-37)52(44-22-9-7-18-40(44)41-19-8-10-23-45(41)52)46-24-12-20-39(50(43)46)34-25-27-36(28-26-34)49-32-48(35-14-3-2-4-15-35)54-51(55-49)42-21-11-16-33-13-5-6-17-38(33)42/h2-32H. The Morgan fingerprint density at radius 2 is 0.964 bits per heavy atom. The van der Waals surface area contributed by atoms with E-state index in [1.807, 2.05) is 12.1 Å². The van der Waals surface area contributed by atoms with Crippen molar-refractivity contribution >= 4 is 16.5 Å². The molecule has 0 N–H and O–H groups in total. The van der Waals surface area contributed by atoms with Crippen LogP contribution in [0, 0.1) is 6.57 Å². The predicted octanol–water partition coefficient (Wildman–Crippen LogP) is 13.2. The zero-order chi connectivity index (χ0) is 36.5. The van der Waals surface area contributed by atoms with E-state index < -0.39 is 5.41 Å². The summed E-state index contributed by atoms with van der Waals surface area (Å²) in [6.45, 7) is 7.96. The summed E-state index contributed by atoms with van der Waals surface area (Å²) >= 11 is 0. The maximum Gasteiger partial charge on any atom is 0.187 e. The lowest BCUT2D eigenvalue weighted by atomic mass is 9.70. The first-order valence-corrected chi connectivity index (χ1v) is 18.6. The fourth-order valence-corrected chi connectivity index (χ4v) is 9.20. The fourth-order valence-electron chi connectivity index (χ4n) is 9.20. The average Bonchev–Trinajstić information content (AvgIpc) is 3.73. The van der Waals surface area contributed by atoms with Crippen molar-refractivity contribution in [3.8, 4) is 67.3 Å². The van der Waals surface area contributed by atoms with E-state index in [4.69, 9.17) is 16.5 Å². The van der Waals surface area contributed by atoms with E-state index in [9.17, 15) is 0 Å². The van der Waals surface area contributed by atoms with Crippen molar-refractivity contribution in [2.45, 2.75) is 5.41 Å². The topological polar surface area (TPSA) is 30.1 Å². The van der Waals surface area contributed by atoms with Crippen LogP contribution in [-0.2, 0) is 5.41 Å². The van der Waals surface area contributed by atoms with Crippen molar-refractivity contribution in [2.24, 2.45) is 0 Å². The second-order valence-corrected chi connectivity index (χ2v) is 14.3. The molecule has 0 saturated heterocycles. The highest BCUT2D eigenvalue weighted by Crippen LogP contribution is 2.64. The summed E-state index contributed by atoms with van der Waals surface area (Å²) in [7, 11) is 0. The van der Waals surface area contributed by atoms with Crippen molar-refractivity contribution in [1.82, 2.24) is 9.97 Å². The number of hydrogen-bond acceptors (Lipinski definition) is 2. The summed E-state index contributed by atoms with van der Waals surface area (Å²) < 4.78 is 0. The zero-order valence-electron chi connectivity index (χ0n) is 29.7. The fraction of sp³-hybridized carbons (Fsp3) is 0.0192. The molecule has 0 radical (unpaired) electrons. The number of nitrogens with zero attached hydrogens (tertiary/aromatic N) is 3. The molecule has 0 unspecified atom stereocenters. The first-order valence-electron chi connectivity index (χ1n) is 18.6. The molecule has 0 aliphatic heterocycles. The SMILES string of the molecule is [C-]#[N+]c1ccc2c(c1)C1(c3ccccc3-c3ccccc31)c1cccc(-c3ccc(-c4cc(-c5ccccc5)nc(-c5cccc6ccccc56)n4)cc3)c1-2. The second kappa shape index (κ2) is 12.1. The van der Waals surface area contributed by atoms with Crippen LogP contribution in [0.3, 0.4) is 0 Å². The first-order chi connectivity index (χ1) is 27.2. The van der Waals surface area contributed by atoms with Gasteiger partial charge in [-0.15, -0.1) is 0 Å². The molecular formula is C52H31N3. The quantitative estimate of drug-likeness (QED) is 0.171. The molecule has 1 heterocycles. The molecule has 0 atom stereocenters. The first kappa shape index (κ1) is 31.1. The molecule has 0 saturated carbocycles. The highest BCUT2D eigenvalue weighted by atomic mass is 14.9. The minimum atomic E-state index is -0.513. The third-order valence-electron chi connectivity index (χ3n) is 11.5. The van der Waals surface area contributed by atoms with E-state index in [0.29, 0.717) is 11.5 Å². The average molecular weight is 698 g/mol. The third kappa shape index (κ3) is 4.56. The molecule has 55 heavy (non-hydrogen) atoms. The van der Waals surface area contributed by atoms with Crippen LogP contribution in [0.1, 0.15) is 22.3 Å². The van der Waals surface area contributed by atoms with Crippen molar-refractivity contribution in [2.75, 3.05) is 0 Å². The Morgan fingerprint density at radius 3 is 1.71 bits per heavy atom. The van der Waals surface area contributed by atoms with E-state index >= 15 is 0 Å². The van der Waals surface area contributed by atoms with E-state index in [2.05, 4.69) is 181 Å². The van der Waals surface area contributed by atoms with Crippen molar-refractivity contribution in [1.29, 1.82) is 0 Å². The van der Waals surface area contributed by atoms with Crippen LogP contribution in [0.5, 0.6) is 0 Å². The van der Waals surface area contributed by atoms with Gasteiger partial charge in [-0.1, -0.05) is 182 Å². The number of rotatable bonds is 4. The van der Waals surface area contributed by atoms with Gasteiger partial charge in [0.2, 0.25) is 0 Å². The van der Waals surface area contributed by atoms with Gasteiger partial charge in [-0.3, -0.25) is 0 Å². The highest BCUT2D eigenvalue weighted by molar-refractivity contribution is 6.01. The van der Waals surface area contributed by atoms with Crippen molar-refractivity contribution in [3.05, 3.63) is 222 Å². The van der Waals surface area contributed by atoms with Gasteiger partial charge in [-0.05, 0) is 72.5 Å². The molecule has 8 aromatic carbocycles. The van der Waals surface area contributed by atoms with Crippen LogP contribution < -0.4 is 0 Å². The second-order valence-electron chi connectivity index (χ2n) is 14.3. The molecule has 0 bridgehead atoms. The van der Waals surface area contributed by atoms with E-state index in [-0.39, 0.29) is 0 Å². The Balaban J connectivity index is 1.08. The summed E-state index contributed by atoms with van der Waals surface area (Å²) in [5.74, 6) is 0.705. The molecule has 1 aromatic heterocycles. The summed E-state index contributed by atoms with van der Waals surface area (Å²) in [6.07, 6.45) is 0. The third-order valence-corrected chi connectivity index (χ3v) is 11.5. The number of fused-ring (bicyclic) bond motifs is 11. The summed E-state index contributed by atoms with van der Waals surface area (Å²) in [5.41, 5.74) is 17.2. The number of benzene rings is 8. The molecule has 0 fully saturated rings. The van der Waals surface area contributed by atoms with Gasteiger partial charge < -0.3 is 0 Å². The minimum absolute atomic E-state index is 0.513. The molecule has 3 heteroatoms. The Kier molecular flexibility index (Phi) is 6.83. The van der Waals surface area contributed by atoms with Crippen LogP contribution in [0.25, 0.3) is 82.9 Å². The maximum atomic E-state index is 7.96. The number of hydrogen-bond donors (Lipinski definition) is 0. The lowest BCUT2D eigenvalue weighted by Gasteiger charge is -2.30. The molecule has 2 aliphatic carbocycles. The monoisotopic (exact) mass is 697 g/mol. The normalized spacial score (nSPS) is 12.9. The Morgan fingerprint density at radius 1 is 0.400 bits per heavy atom. The smallest absolute Gasteiger partial charge is 0.187 e. The van der Waals surface area contributed by atoms with Crippen LogP contribution >= 0.6 is 0 Å². The Bertz CT molecular complexity index is 2990. The molecule has 254 valence electrons. The molecule has 1 spiro atoms. The van der Waals surface area contributed by atoms with E-state index in [1.54, 1.807) is 0 Å². The van der Waals surface area contributed by atoms with Gasteiger partial charge in [0.1, 0.15) is 0 Å². The lowest BCUT2D eigenvalue weighted by molar-refractivity contribution is 0.794. The zero-order valence-corrected chi connectivity index (χ0v) is 29.7. The van der Waals surface area contributed by atoms with Gasteiger partial charge in [0.25, 0.3) is 0 Å². The van der Waals surface area contributed by atoms with Gasteiger partial charge in [0.05, 0.1) is 23.4 Å². The van der Waals surface area contributed by atoms with Crippen LogP contribution in [0.15, 0.2) is 188 Å². The minimum Gasteiger partial charge on any atom is -0.238 e. The van der Waals surface area contributed by atoms with Gasteiger partial charge >= 0.3 is 0 Å². The molecule has 0 amide bonds. The van der Waals surface area contributed by atoms with Gasteiger partial charge in [-0.2, -0.15) is 0 Å². The van der Waals surface area contributed by atoms with Gasteiger partial charge in [0, 0.05) is 16.7 Å². The summed E-state index contributed by atoms with van der Waals surface area (Å²) in [4.78, 5) is 14.2. The van der Waals surface area contributed by atoms with Gasteiger partial charge in [0.15, 0.2) is 11.5 Å². The Labute approximate surface area is 319 Å². The van der Waals surface area contributed by atoms with Gasteiger partial charge in [-0.25, -0.2) is 14.8 Å². The predicted molar refractivity (Wildman–Crippen MR) is 224 cm³/mol. The molecular weight excluding hydrogens is 667 g/mol. The molecule has 11 rings (SSSR count). The lowest BCUT2D eigenvalue weighted by Crippen LogP contribution is -2.25. The number of aromatic nitrogens is 2. The van der Waals surface area contributed by atoms with E-state index in [1.165, 1.54) is 50.1 Å². The highest BCUT2D eigenvalue weighted by Gasteiger charge is 2.52. The van der Waals surface area contributed by atoms with Crippen molar-refractivity contribution < 1.29 is 0 Å². The molecule has 2 aliphatic rings. The van der Waals surface area contributed by atoms with E-state index in [0.717, 1.165) is 44.4 Å². The van der Waals surface area contributed by atoms with Crippen LogP contribution in [0.4, 0.5) is 5.69 Å². The van der Waals surface area contributed by atoms with Crippen LogP contribution in [-0.4, -0.2) is 9.97 Å². The summed E-state index contributed by atoms with van der Waals surface area (Å²) in [5, 5.41) is 2.29. The van der Waals surface area contributed by atoms with Crippen molar-refractivity contribution in [3.63, 3.8) is 0 Å².